The summed E-state index contributed by atoms with van der Waals surface area (Å²) in [4.78, 5) is 31.0. The highest BCUT2D eigenvalue weighted by molar-refractivity contribution is 7.80. The summed E-state index contributed by atoms with van der Waals surface area (Å²) in [7, 11) is 2.90. The van der Waals surface area contributed by atoms with Gasteiger partial charge in [0.05, 0.1) is 37.2 Å². The Balaban J connectivity index is 1.59. The lowest BCUT2D eigenvalue weighted by Gasteiger charge is -2.27. The van der Waals surface area contributed by atoms with E-state index in [1.54, 1.807) is 38.4 Å². The van der Waals surface area contributed by atoms with Gasteiger partial charge in [0.1, 0.15) is 23.3 Å². The van der Waals surface area contributed by atoms with Crippen LogP contribution in [0.5, 0.6) is 5.75 Å². The molecule has 0 aliphatic carbocycles. The highest BCUT2D eigenvalue weighted by atomic mass is 32.1. The summed E-state index contributed by atoms with van der Waals surface area (Å²) < 4.78 is 17.0. The number of hydrogen-bond acceptors (Lipinski definition) is 7. The maximum Gasteiger partial charge on any atom is 0.338 e. The number of thiocarbonyl (C=S) groups is 1. The van der Waals surface area contributed by atoms with E-state index in [0.29, 0.717) is 45.6 Å². The molecule has 2 aromatic carbocycles. The van der Waals surface area contributed by atoms with Crippen LogP contribution in [0, 0.1) is 0 Å². The predicted molar refractivity (Wildman–Crippen MR) is 155 cm³/mol. The molecule has 1 saturated heterocycles. The van der Waals surface area contributed by atoms with Gasteiger partial charge in [-0.2, -0.15) is 0 Å². The zero-order chi connectivity index (χ0) is 28.2. The Morgan fingerprint density at radius 3 is 2.60 bits per heavy atom. The van der Waals surface area contributed by atoms with E-state index in [1.165, 1.54) is 7.11 Å². The van der Waals surface area contributed by atoms with Crippen molar-refractivity contribution in [1.29, 1.82) is 0 Å². The van der Waals surface area contributed by atoms with E-state index in [0.717, 1.165) is 11.4 Å². The quantitative estimate of drug-likeness (QED) is 0.210. The Morgan fingerprint density at radius 1 is 1.07 bits per heavy atom. The van der Waals surface area contributed by atoms with Gasteiger partial charge < -0.3 is 29.4 Å². The van der Waals surface area contributed by atoms with Crippen LogP contribution in [0.15, 0.2) is 83.4 Å². The van der Waals surface area contributed by atoms with Gasteiger partial charge in [0, 0.05) is 29.9 Å². The average molecular weight is 557 g/mol. The number of methoxy groups -OCH3 is 2. The predicted octanol–water partition coefficient (Wildman–Crippen LogP) is 5.66. The molecule has 10 heteroatoms. The standard InChI is InChI=1S/C30H28N4O5S/c1-4-26(35)32-21-13-12-18(17-25(21)37-2)34-28(27(33-30(34)40)22-11-7-8-16-31-22)24-15-14-23(39-24)19-9-5-6-10-20(19)29(36)38-3/h5-17,27-28H,4H2,1-3H3,(H,32,35)(H,33,40)/t27-,28-/m1/s1. The van der Waals surface area contributed by atoms with Crippen LogP contribution in [-0.4, -0.2) is 36.2 Å². The van der Waals surface area contributed by atoms with Gasteiger partial charge in [-0.3, -0.25) is 9.78 Å². The van der Waals surface area contributed by atoms with E-state index >= 15 is 0 Å². The SMILES string of the molecule is CCC(=O)Nc1ccc(N2C(=S)N[C@H](c3ccccn3)[C@H]2c2ccc(-c3ccccc3C(=O)OC)o2)cc1OC. The molecule has 3 heterocycles. The van der Waals surface area contributed by atoms with Gasteiger partial charge in [-0.1, -0.05) is 31.2 Å². The molecular weight excluding hydrogens is 528 g/mol. The van der Waals surface area contributed by atoms with Crippen molar-refractivity contribution in [2.75, 3.05) is 24.4 Å². The third kappa shape index (κ3) is 5.13. The Morgan fingerprint density at radius 2 is 1.88 bits per heavy atom. The lowest BCUT2D eigenvalue weighted by atomic mass is 10.0. The number of aromatic nitrogens is 1. The molecule has 2 aromatic heterocycles. The summed E-state index contributed by atoms with van der Waals surface area (Å²) in [5, 5.41) is 6.73. The normalized spacial score (nSPS) is 16.4. The summed E-state index contributed by atoms with van der Waals surface area (Å²) in [5.74, 6) is 1.05. The summed E-state index contributed by atoms with van der Waals surface area (Å²) in [6.07, 6.45) is 2.08. The molecule has 40 heavy (non-hydrogen) atoms. The Labute approximate surface area is 237 Å². The minimum absolute atomic E-state index is 0.118. The van der Waals surface area contributed by atoms with Crippen molar-refractivity contribution in [3.05, 3.63) is 96.0 Å². The Hall–Kier alpha value is -4.70. The van der Waals surface area contributed by atoms with E-state index in [4.69, 9.17) is 26.1 Å². The molecule has 5 rings (SSSR count). The lowest BCUT2D eigenvalue weighted by Crippen LogP contribution is -2.29. The monoisotopic (exact) mass is 556 g/mol. The van der Waals surface area contributed by atoms with Gasteiger partial charge in [-0.05, 0) is 54.7 Å². The van der Waals surface area contributed by atoms with Crippen LogP contribution in [0.3, 0.4) is 0 Å². The molecule has 2 N–H and O–H groups in total. The van der Waals surface area contributed by atoms with E-state index in [9.17, 15) is 9.59 Å². The zero-order valence-corrected chi connectivity index (χ0v) is 23.0. The molecule has 0 saturated carbocycles. The zero-order valence-electron chi connectivity index (χ0n) is 22.2. The third-order valence-electron chi connectivity index (χ3n) is 6.67. The van der Waals surface area contributed by atoms with Crippen molar-refractivity contribution in [3.63, 3.8) is 0 Å². The molecule has 1 aliphatic rings. The van der Waals surface area contributed by atoms with Crippen LogP contribution >= 0.6 is 12.2 Å². The van der Waals surface area contributed by atoms with Crippen LogP contribution in [-0.2, 0) is 9.53 Å². The van der Waals surface area contributed by atoms with Gasteiger partial charge in [-0.15, -0.1) is 0 Å². The highest BCUT2D eigenvalue weighted by Crippen LogP contribution is 2.44. The van der Waals surface area contributed by atoms with Crippen molar-refractivity contribution in [1.82, 2.24) is 10.3 Å². The van der Waals surface area contributed by atoms with E-state index in [-0.39, 0.29) is 11.9 Å². The first kappa shape index (κ1) is 26.9. The molecule has 1 aliphatic heterocycles. The van der Waals surface area contributed by atoms with Crippen molar-refractivity contribution >= 4 is 40.6 Å². The fourth-order valence-electron chi connectivity index (χ4n) is 4.74. The molecule has 0 unspecified atom stereocenters. The van der Waals surface area contributed by atoms with Gasteiger partial charge in [0.15, 0.2) is 5.11 Å². The molecule has 1 amide bonds. The molecular formula is C30H28N4O5S. The number of ether oxygens (including phenoxy) is 2. The number of carbonyl (C=O) groups excluding carboxylic acids is 2. The van der Waals surface area contributed by atoms with Crippen LogP contribution in [0.2, 0.25) is 0 Å². The first-order valence-corrected chi connectivity index (χ1v) is 13.1. The van der Waals surface area contributed by atoms with Crippen LogP contribution in [0.1, 0.15) is 47.2 Å². The number of nitrogens with zero attached hydrogens (tertiary/aromatic N) is 2. The molecule has 9 nitrogen and oxygen atoms in total. The topological polar surface area (TPSA) is 106 Å². The van der Waals surface area contributed by atoms with Crippen LogP contribution < -0.4 is 20.3 Å². The largest absolute Gasteiger partial charge is 0.494 e. The molecule has 1 fully saturated rings. The summed E-state index contributed by atoms with van der Waals surface area (Å²) >= 11 is 5.82. The maximum absolute atomic E-state index is 12.4. The number of anilines is 2. The summed E-state index contributed by atoms with van der Waals surface area (Å²) in [6, 6.07) is 21.2. The van der Waals surface area contributed by atoms with Crippen molar-refractivity contribution in [2.24, 2.45) is 0 Å². The first-order valence-electron chi connectivity index (χ1n) is 12.7. The number of amides is 1. The number of benzene rings is 2. The average Bonchev–Trinajstić information content (AvgIpc) is 3.62. The fraction of sp³-hybridized carbons (Fsp3) is 0.200. The summed E-state index contributed by atoms with van der Waals surface area (Å²) in [6.45, 7) is 1.79. The lowest BCUT2D eigenvalue weighted by molar-refractivity contribution is -0.115. The number of nitrogens with one attached hydrogen (secondary N) is 2. The van der Waals surface area contributed by atoms with E-state index < -0.39 is 12.0 Å². The molecule has 0 radical (unpaired) electrons. The second kappa shape index (κ2) is 11.6. The number of furan rings is 1. The fourth-order valence-corrected chi connectivity index (χ4v) is 5.08. The van der Waals surface area contributed by atoms with Crippen molar-refractivity contribution in [3.8, 4) is 17.1 Å². The van der Waals surface area contributed by atoms with Gasteiger partial charge >= 0.3 is 5.97 Å². The third-order valence-corrected chi connectivity index (χ3v) is 6.99. The molecule has 2 atom stereocenters. The minimum atomic E-state index is -0.451. The van der Waals surface area contributed by atoms with Gasteiger partial charge in [0.25, 0.3) is 0 Å². The first-order chi connectivity index (χ1) is 19.4. The van der Waals surface area contributed by atoms with Crippen molar-refractivity contribution in [2.45, 2.75) is 25.4 Å². The van der Waals surface area contributed by atoms with Crippen molar-refractivity contribution < 1.29 is 23.5 Å². The molecule has 4 aromatic rings. The molecule has 204 valence electrons. The smallest absolute Gasteiger partial charge is 0.338 e. The second-order valence-electron chi connectivity index (χ2n) is 9.02. The number of esters is 1. The molecule has 0 spiro atoms. The number of pyridine rings is 1. The van der Waals surface area contributed by atoms with E-state index in [1.807, 2.05) is 59.5 Å². The highest BCUT2D eigenvalue weighted by Gasteiger charge is 2.43. The second-order valence-corrected chi connectivity index (χ2v) is 9.41. The van der Waals surface area contributed by atoms with Gasteiger partial charge in [0.2, 0.25) is 5.91 Å². The number of rotatable bonds is 8. The minimum Gasteiger partial charge on any atom is -0.494 e. The Bertz CT molecular complexity index is 1550. The summed E-state index contributed by atoms with van der Waals surface area (Å²) in [5.41, 5.74) is 3.10. The maximum atomic E-state index is 12.4. The van der Waals surface area contributed by atoms with Crippen LogP contribution in [0.25, 0.3) is 11.3 Å². The Kier molecular flexibility index (Phi) is 7.79. The molecule has 0 bridgehead atoms. The van der Waals surface area contributed by atoms with Gasteiger partial charge in [-0.25, -0.2) is 4.79 Å². The number of hydrogen-bond donors (Lipinski definition) is 2. The number of carbonyl (C=O) groups is 2. The van der Waals surface area contributed by atoms with E-state index in [2.05, 4.69) is 15.6 Å². The van der Waals surface area contributed by atoms with Crippen LogP contribution in [0.4, 0.5) is 11.4 Å².